The molecular weight excluding hydrogens is 553 g/mol. The van der Waals surface area contributed by atoms with E-state index >= 15 is 0 Å². The van der Waals surface area contributed by atoms with Crippen LogP contribution < -0.4 is 9.47 Å². The van der Waals surface area contributed by atoms with Crippen LogP contribution in [0.1, 0.15) is 37.8 Å². The van der Waals surface area contributed by atoms with Gasteiger partial charge in [-0.25, -0.2) is 14.2 Å². The van der Waals surface area contributed by atoms with Crippen molar-refractivity contribution in [3.63, 3.8) is 0 Å². The number of carbonyl (C=O) groups excluding carboxylic acids is 2. The summed E-state index contributed by atoms with van der Waals surface area (Å²) < 4.78 is 30.2. The van der Waals surface area contributed by atoms with Gasteiger partial charge in [-0.3, -0.25) is 4.79 Å². The third kappa shape index (κ3) is 6.76. The standard InChI is InChI=1S/C26H25BrFNO6S/c1-4-6-21(30)29-25-22(26(32)34-5-2)23(31)20(36-25)13-16-11-18(27)24(19(12-16)33-3)35-14-15-7-9-17(28)10-8-15/h7-13,31H,4-6,14H2,1-3H3/b20-13-,29-25?. The molecule has 7 nitrogen and oxygen atoms in total. The summed E-state index contributed by atoms with van der Waals surface area (Å²) in [5.74, 6) is -0.913. The summed E-state index contributed by atoms with van der Waals surface area (Å²) >= 11 is 4.50. The van der Waals surface area contributed by atoms with Crippen LogP contribution in [0.15, 0.2) is 62.1 Å². The maximum atomic E-state index is 13.2. The Morgan fingerprint density at radius 3 is 2.56 bits per heavy atom. The fourth-order valence-electron chi connectivity index (χ4n) is 3.23. The predicted octanol–water partition coefficient (Wildman–Crippen LogP) is 6.36. The molecule has 1 N–H and O–H groups in total. The lowest BCUT2D eigenvalue weighted by molar-refractivity contribution is -0.138. The number of halogens is 2. The molecule has 0 radical (unpaired) electrons. The molecule has 190 valence electrons. The lowest BCUT2D eigenvalue weighted by Crippen LogP contribution is -2.14. The fraction of sp³-hybridized carbons (Fsp3) is 0.269. The number of rotatable bonds is 9. The number of benzene rings is 2. The topological polar surface area (TPSA) is 94.4 Å². The van der Waals surface area contributed by atoms with Crippen molar-refractivity contribution >= 4 is 50.7 Å². The zero-order chi connectivity index (χ0) is 26.2. The van der Waals surface area contributed by atoms with Gasteiger partial charge in [-0.05, 0) is 70.7 Å². The number of aliphatic imine (C=N–C) groups is 1. The summed E-state index contributed by atoms with van der Waals surface area (Å²) in [5.41, 5.74) is 1.28. The molecule has 1 heterocycles. The van der Waals surface area contributed by atoms with Crippen LogP contribution in [0.2, 0.25) is 0 Å². The molecule has 10 heteroatoms. The molecule has 0 fully saturated rings. The van der Waals surface area contributed by atoms with Crippen LogP contribution in [-0.2, 0) is 20.9 Å². The Labute approximate surface area is 221 Å². The third-order valence-corrected chi connectivity index (χ3v) is 6.52. The molecule has 0 unspecified atom stereocenters. The summed E-state index contributed by atoms with van der Waals surface area (Å²) in [5, 5.41) is 10.9. The van der Waals surface area contributed by atoms with Gasteiger partial charge in [0.1, 0.15) is 28.8 Å². The highest BCUT2D eigenvalue weighted by Gasteiger charge is 2.33. The first kappa shape index (κ1) is 27.5. The highest BCUT2D eigenvalue weighted by Crippen LogP contribution is 2.42. The molecule has 36 heavy (non-hydrogen) atoms. The van der Waals surface area contributed by atoms with Crippen molar-refractivity contribution in [3.8, 4) is 11.5 Å². The van der Waals surface area contributed by atoms with E-state index in [0.29, 0.717) is 32.9 Å². The zero-order valence-corrected chi connectivity index (χ0v) is 22.4. The van der Waals surface area contributed by atoms with Crippen molar-refractivity contribution in [2.24, 2.45) is 4.99 Å². The van der Waals surface area contributed by atoms with Gasteiger partial charge in [-0.2, -0.15) is 0 Å². The number of amides is 1. The maximum absolute atomic E-state index is 13.2. The average molecular weight is 578 g/mol. The smallest absolute Gasteiger partial charge is 0.344 e. The quantitative estimate of drug-likeness (QED) is 0.346. The lowest BCUT2D eigenvalue weighted by Gasteiger charge is -2.14. The first-order valence-electron chi connectivity index (χ1n) is 11.1. The van der Waals surface area contributed by atoms with E-state index in [1.807, 2.05) is 6.92 Å². The second-order valence-electron chi connectivity index (χ2n) is 7.56. The molecule has 1 aliphatic rings. The number of thioether (sulfide) groups is 1. The molecule has 0 atom stereocenters. The van der Waals surface area contributed by atoms with E-state index in [9.17, 15) is 19.1 Å². The van der Waals surface area contributed by atoms with Crippen LogP contribution >= 0.6 is 27.7 Å². The Kier molecular flexibility index (Phi) is 9.72. The van der Waals surface area contributed by atoms with Crippen LogP contribution in [0, 0.1) is 5.82 Å². The largest absolute Gasteiger partial charge is 0.506 e. The van der Waals surface area contributed by atoms with E-state index < -0.39 is 5.97 Å². The molecule has 0 saturated heterocycles. The maximum Gasteiger partial charge on any atom is 0.344 e. The van der Waals surface area contributed by atoms with Crippen molar-refractivity contribution in [2.45, 2.75) is 33.3 Å². The van der Waals surface area contributed by atoms with Gasteiger partial charge < -0.3 is 19.3 Å². The van der Waals surface area contributed by atoms with Gasteiger partial charge in [-0.1, -0.05) is 30.8 Å². The van der Waals surface area contributed by atoms with Crippen molar-refractivity contribution in [1.82, 2.24) is 0 Å². The molecular formula is C26H25BrFNO6S. The van der Waals surface area contributed by atoms with Crippen molar-refractivity contribution in [2.75, 3.05) is 13.7 Å². The Balaban J connectivity index is 1.92. The molecule has 2 aromatic carbocycles. The van der Waals surface area contributed by atoms with Crippen LogP contribution in [0.5, 0.6) is 11.5 Å². The molecule has 1 aliphatic heterocycles. The molecule has 0 spiro atoms. The number of aliphatic hydroxyl groups is 1. The second kappa shape index (κ2) is 12.7. The highest BCUT2D eigenvalue weighted by molar-refractivity contribution is 9.10. The molecule has 1 amide bonds. The number of methoxy groups -OCH3 is 1. The van der Waals surface area contributed by atoms with Crippen LogP contribution in [0.3, 0.4) is 0 Å². The summed E-state index contributed by atoms with van der Waals surface area (Å²) in [4.78, 5) is 28.9. The van der Waals surface area contributed by atoms with Gasteiger partial charge in [0.15, 0.2) is 11.5 Å². The van der Waals surface area contributed by atoms with Gasteiger partial charge in [0.2, 0.25) is 5.91 Å². The van der Waals surface area contributed by atoms with Gasteiger partial charge in [0, 0.05) is 6.42 Å². The van der Waals surface area contributed by atoms with Crippen LogP contribution in [0.4, 0.5) is 4.39 Å². The molecule has 2 aromatic rings. The van der Waals surface area contributed by atoms with E-state index in [1.165, 1.54) is 19.2 Å². The van der Waals surface area contributed by atoms with Crippen molar-refractivity contribution in [3.05, 3.63) is 74.1 Å². The minimum atomic E-state index is -0.753. The van der Waals surface area contributed by atoms with E-state index in [-0.39, 0.29) is 47.7 Å². The van der Waals surface area contributed by atoms with E-state index in [4.69, 9.17) is 14.2 Å². The number of aliphatic hydroxyl groups excluding tert-OH is 1. The molecule has 0 aromatic heterocycles. The van der Waals surface area contributed by atoms with Crippen LogP contribution in [0.25, 0.3) is 6.08 Å². The van der Waals surface area contributed by atoms with Gasteiger partial charge in [0.25, 0.3) is 0 Å². The summed E-state index contributed by atoms with van der Waals surface area (Å²) in [6.07, 6.45) is 2.48. The van der Waals surface area contributed by atoms with Gasteiger partial charge >= 0.3 is 5.97 Å². The molecule has 3 rings (SSSR count). The van der Waals surface area contributed by atoms with Gasteiger partial charge in [-0.15, -0.1) is 0 Å². The summed E-state index contributed by atoms with van der Waals surface area (Å²) in [7, 11) is 1.49. The molecule has 0 bridgehead atoms. The number of hydrogen-bond donors (Lipinski definition) is 1. The minimum absolute atomic E-state index is 0.0981. The van der Waals surface area contributed by atoms with Crippen molar-refractivity contribution in [1.29, 1.82) is 0 Å². The molecule has 0 saturated carbocycles. The Morgan fingerprint density at radius 2 is 1.92 bits per heavy atom. The number of esters is 1. The first-order valence-corrected chi connectivity index (χ1v) is 12.7. The third-order valence-electron chi connectivity index (χ3n) is 4.91. The van der Waals surface area contributed by atoms with Crippen molar-refractivity contribution < 1.29 is 33.3 Å². The number of hydrogen-bond acceptors (Lipinski definition) is 7. The Bertz CT molecular complexity index is 1240. The Morgan fingerprint density at radius 1 is 1.19 bits per heavy atom. The number of nitrogens with zero attached hydrogens (tertiary/aromatic N) is 1. The average Bonchev–Trinajstić information content (AvgIpc) is 3.13. The Hall–Kier alpha value is -3.11. The minimum Gasteiger partial charge on any atom is -0.506 e. The fourth-order valence-corrected chi connectivity index (χ4v) is 4.83. The zero-order valence-electron chi connectivity index (χ0n) is 20.0. The normalized spacial score (nSPS) is 15.5. The second-order valence-corrected chi connectivity index (χ2v) is 9.45. The molecule has 0 aliphatic carbocycles. The SMILES string of the molecule is CCCC(=O)N=C1S/C(=C\c2cc(Br)c(OCc3ccc(F)cc3)c(OC)c2)C(O)=C1C(=O)OCC. The van der Waals surface area contributed by atoms with Gasteiger partial charge in [0.05, 0.1) is 23.1 Å². The monoisotopic (exact) mass is 577 g/mol. The van der Waals surface area contributed by atoms with E-state index in [1.54, 1.807) is 37.3 Å². The lowest BCUT2D eigenvalue weighted by atomic mass is 10.1. The van der Waals surface area contributed by atoms with E-state index in [0.717, 1.165) is 17.3 Å². The van der Waals surface area contributed by atoms with E-state index in [2.05, 4.69) is 20.9 Å². The summed E-state index contributed by atoms with van der Waals surface area (Å²) in [6.45, 7) is 3.81. The van der Waals surface area contributed by atoms with Crippen LogP contribution in [-0.4, -0.2) is 35.7 Å². The number of ether oxygens (including phenoxy) is 3. The first-order chi connectivity index (χ1) is 17.3. The predicted molar refractivity (Wildman–Crippen MR) is 141 cm³/mol. The summed E-state index contributed by atoms with van der Waals surface area (Å²) in [6, 6.07) is 9.44. The number of carbonyl (C=O) groups is 2. The highest BCUT2D eigenvalue weighted by atomic mass is 79.9.